The Hall–Kier alpha value is -3.11. The molecular weight excluding hydrogens is 442 g/mol. The van der Waals surface area contributed by atoms with Crippen LogP contribution < -0.4 is 0 Å². The second-order valence-corrected chi connectivity index (χ2v) is 11.9. The molecule has 0 unspecified atom stereocenters. The molecule has 36 heavy (non-hydrogen) atoms. The topological polar surface area (TPSA) is 39.1 Å². The molecule has 1 aliphatic heterocycles. The van der Waals surface area contributed by atoms with E-state index in [-0.39, 0.29) is 16.9 Å². The molecule has 1 heterocycles. The van der Waals surface area contributed by atoms with E-state index >= 15 is 0 Å². The van der Waals surface area contributed by atoms with Crippen LogP contribution in [0.25, 0.3) is 0 Å². The zero-order valence-electron chi connectivity index (χ0n) is 22.7. The van der Waals surface area contributed by atoms with E-state index in [4.69, 9.17) is 5.10 Å². The second kappa shape index (κ2) is 10.5. The van der Waals surface area contributed by atoms with E-state index in [2.05, 4.69) is 124 Å². The van der Waals surface area contributed by atoms with Crippen LogP contribution in [0.1, 0.15) is 75.4 Å². The van der Waals surface area contributed by atoms with Gasteiger partial charge in [-0.25, -0.2) is 0 Å². The van der Waals surface area contributed by atoms with Gasteiger partial charge in [-0.1, -0.05) is 102 Å². The van der Waals surface area contributed by atoms with Gasteiger partial charge in [0.1, 0.15) is 5.75 Å². The Morgan fingerprint density at radius 3 is 1.58 bits per heavy atom. The number of aromatic hydroxyl groups is 1. The summed E-state index contributed by atoms with van der Waals surface area (Å²) < 4.78 is 0. The Bertz CT molecular complexity index is 1090. The fourth-order valence-electron chi connectivity index (χ4n) is 4.99. The highest BCUT2D eigenvalue weighted by atomic mass is 16.3. The van der Waals surface area contributed by atoms with Crippen molar-refractivity contribution in [2.24, 2.45) is 5.10 Å². The van der Waals surface area contributed by atoms with Crippen LogP contribution in [0.3, 0.4) is 0 Å². The standard InChI is InChI=1S/C32H41N3O/c1-31(2,3)27-21-24(22-28(30(27)36)32(4,5)6)23-33-35-19-17-34(18-20-35)29(25-13-9-7-10-14-25)26-15-11-8-12-16-26/h7-16,21-23,29,36H,17-20H2,1-6H3/b33-23+. The molecule has 190 valence electrons. The second-order valence-electron chi connectivity index (χ2n) is 11.9. The first-order chi connectivity index (χ1) is 17.0. The lowest BCUT2D eigenvalue weighted by Crippen LogP contribution is -2.45. The van der Waals surface area contributed by atoms with Gasteiger partial charge in [-0.2, -0.15) is 5.10 Å². The molecule has 0 aliphatic carbocycles. The molecule has 1 aliphatic rings. The van der Waals surface area contributed by atoms with Crippen molar-refractivity contribution in [2.45, 2.75) is 58.4 Å². The Labute approximate surface area is 217 Å². The van der Waals surface area contributed by atoms with Gasteiger partial charge < -0.3 is 5.11 Å². The molecule has 1 fully saturated rings. The number of phenolic OH excluding ortho intramolecular Hbond substituents is 1. The first-order valence-corrected chi connectivity index (χ1v) is 13.0. The SMILES string of the molecule is CC(C)(C)c1cc(/C=N/N2CCN(C(c3ccccc3)c3ccccc3)CC2)cc(C(C)(C)C)c1O. The molecule has 0 bridgehead atoms. The van der Waals surface area contributed by atoms with Gasteiger partial charge in [0.15, 0.2) is 0 Å². The van der Waals surface area contributed by atoms with Gasteiger partial charge in [-0.3, -0.25) is 9.91 Å². The average Bonchev–Trinajstić information content (AvgIpc) is 2.84. The summed E-state index contributed by atoms with van der Waals surface area (Å²) in [6, 6.07) is 26.0. The van der Waals surface area contributed by atoms with Crippen molar-refractivity contribution in [1.29, 1.82) is 0 Å². The molecule has 4 heteroatoms. The minimum Gasteiger partial charge on any atom is -0.507 e. The van der Waals surface area contributed by atoms with E-state index < -0.39 is 0 Å². The van der Waals surface area contributed by atoms with Crippen LogP contribution in [0, 0.1) is 0 Å². The molecule has 4 nitrogen and oxygen atoms in total. The monoisotopic (exact) mass is 483 g/mol. The predicted molar refractivity (Wildman–Crippen MR) is 151 cm³/mol. The number of piperazine rings is 1. The Kier molecular flexibility index (Phi) is 7.56. The summed E-state index contributed by atoms with van der Waals surface area (Å²) in [7, 11) is 0. The number of rotatable bonds is 5. The summed E-state index contributed by atoms with van der Waals surface area (Å²) in [5, 5.41) is 18.0. The molecule has 4 rings (SSSR count). The smallest absolute Gasteiger partial charge is 0.123 e. The molecule has 0 amide bonds. The van der Waals surface area contributed by atoms with E-state index in [0.29, 0.717) is 5.75 Å². The van der Waals surface area contributed by atoms with Crippen molar-refractivity contribution < 1.29 is 5.11 Å². The van der Waals surface area contributed by atoms with Gasteiger partial charge in [0.25, 0.3) is 0 Å². The summed E-state index contributed by atoms with van der Waals surface area (Å²) in [6.45, 7) is 16.5. The third-order valence-electron chi connectivity index (χ3n) is 7.00. The van der Waals surface area contributed by atoms with Crippen molar-refractivity contribution >= 4 is 6.21 Å². The van der Waals surface area contributed by atoms with E-state index in [1.165, 1.54) is 11.1 Å². The zero-order valence-corrected chi connectivity index (χ0v) is 22.7. The van der Waals surface area contributed by atoms with Crippen molar-refractivity contribution in [3.8, 4) is 5.75 Å². The lowest BCUT2D eigenvalue weighted by atomic mass is 9.78. The van der Waals surface area contributed by atoms with Crippen molar-refractivity contribution in [1.82, 2.24) is 9.91 Å². The van der Waals surface area contributed by atoms with Crippen molar-refractivity contribution in [3.05, 3.63) is 101 Å². The number of phenols is 1. The minimum absolute atomic E-state index is 0.149. The summed E-state index contributed by atoms with van der Waals surface area (Å²) in [5.74, 6) is 0.411. The van der Waals surface area contributed by atoms with Gasteiger partial charge in [0.05, 0.1) is 12.3 Å². The average molecular weight is 484 g/mol. The summed E-state index contributed by atoms with van der Waals surface area (Å²) in [4.78, 5) is 2.56. The normalized spacial score (nSPS) is 15.7. The number of hydrazone groups is 1. The van der Waals surface area contributed by atoms with E-state index in [1.54, 1.807) is 0 Å². The highest BCUT2D eigenvalue weighted by molar-refractivity contribution is 5.81. The van der Waals surface area contributed by atoms with E-state index in [1.807, 2.05) is 6.21 Å². The summed E-state index contributed by atoms with van der Waals surface area (Å²) in [6.07, 6.45) is 1.96. The quantitative estimate of drug-likeness (QED) is 0.409. The highest BCUT2D eigenvalue weighted by Crippen LogP contribution is 2.39. The number of benzene rings is 3. The molecule has 0 atom stereocenters. The zero-order chi connectivity index (χ0) is 25.9. The molecule has 0 aromatic heterocycles. The highest BCUT2D eigenvalue weighted by Gasteiger charge is 2.27. The van der Waals surface area contributed by atoms with Crippen molar-refractivity contribution in [3.63, 3.8) is 0 Å². The van der Waals surface area contributed by atoms with Crippen LogP contribution >= 0.6 is 0 Å². The maximum atomic E-state index is 11.0. The van der Waals surface area contributed by atoms with Crippen LogP contribution in [-0.2, 0) is 10.8 Å². The third kappa shape index (κ3) is 5.99. The Morgan fingerprint density at radius 2 is 1.17 bits per heavy atom. The lowest BCUT2D eigenvalue weighted by Gasteiger charge is -2.38. The van der Waals surface area contributed by atoms with Gasteiger partial charge in [-0.05, 0) is 39.7 Å². The predicted octanol–water partition coefficient (Wildman–Crippen LogP) is 6.73. The van der Waals surface area contributed by atoms with Gasteiger partial charge in [0, 0.05) is 37.3 Å². The number of nitrogens with zero attached hydrogens (tertiary/aromatic N) is 3. The van der Waals surface area contributed by atoms with Gasteiger partial charge >= 0.3 is 0 Å². The van der Waals surface area contributed by atoms with E-state index in [0.717, 1.165) is 42.9 Å². The van der Waals surface area contributed by atoms with Crippen LogP contribution in [-0.4, -0.2) is 47.4 Å². The van der Waals surface area contributed by atoms with Crippen LogP contribution in [0.4, 0.5) is 0 Å². The summed E-state index contributed by atoms with van der Waals surface area (Å²) >= 11 is 0. The maximum Gasteiger partial charge on any atom is 0.123 e. The summed E-state index contributed by atoms with van der Waals surface area (Å²) in [5.41, 5.74) is 5.33. The maximum absolute atomic E-state index is 11.0. The number of hydrogen-bond acceptors (Lipinski definition) is 4. The molecule has 0 spiro atoms. The van der Waals surface area contributed by atoms with Gasteiger partial charge in [-0.15, -0.1) is 0 Å². The van der Waals surface area contributed by atoms with Crippen LogP contribution in [0.15, 0.2) is 77.9 Å². The molecule has 3 aromatic carbocycles. The first kappa shape index (κ1) is 26.0. The molecule has 3 aromatic rings. The fraction of sp³-hybridized carbons (Fsp3) is 0.406. The molecule has 1 N–H and O–H groups in total. The Morgan fingerprint density at radius 1 is 0.722 bits per heavy atom. The Balaban J connectivity index is 1.52. The van der Waals surface area contributed by atoms with E-state index in [9.17, 15) is 5.11 Å². The molecule has 0 radical (unpaired) electrons. The largest absolute Gasteiger partial charge is 0.507 e. The van der Waals surface area contributed by atoms with Crippen LogP contribution in [0.2, 0.25) is 0 Å². The first-order valence-electron chi connectivity index (χ1n) is 13.0. The lowest BCUT2D eigenvalue weighted by molar-refractivity contribution is 0.113. The van der Waals surface area contributed by atoms with Crippen molar-refractivity contribution in [2.75, 3.05) is 26.2 Å². The van der Waals surface area contributed by atoms with Crippen LogP contribution in [0.5, 0.6) is 5.75 Å². The number of hydrogen-bond donors (Lipinski definition) is 1. The molecule has 0 saturated carbocycles. The minimum atomic E-state index is -0.149. The van der Waals surface area contributed by atoms with Gasteiger partial charge in [0.2, 0.25) is 0 Å². The molecule has 1 saturated heterocycles. The third-order valence-corrected chi connectivity index (χ3v) is 7.00. The molecular formula is C32H41N3O. The fourth-order valence-corrected chi connectivity index (χ4v) is 4.99.